The zero-order valence-corrected chi connectivity index (χ0v) is 14.9. The van der Waals surface area contributed by atoms with Crippen LogP contribution in [0.5, 0.6) is 0 Å². The lowest BCUT2D eigenvalue weighted by Gasteiger charge is -2.33. The molecule has 1 fully saturated rings. The van der Waals surface area contributed by atoms with Gasteiger partial charge in [0.1, 0.15) is 5.78 Å². The van der Waals surface area contributed by atoms with E-state index in [1.807, 2.05) is 30.3 Å². The highest BCUT2D eigenvalue weighted by atomic mass is 16.6. The first-order chi connectivity index (χ1) is 12.1. The molecule has 0 amide bonds. The Balaban J connectivity index is 2.46. The van der Waals surface area contributed by atoms with Crippen LogP contribution in [-0.4, -0.2) is 30.9 Å². The van der Waals surface area contributed by atoms with Crippen LogP contribution in [0.1, 0.15) is 51.0 Å². The van der Waals surface area contributed by atoms with Crippen molar-refractivity contribution in [3.8, 4) is 0 Å². The fraction of sp³-hybridized carbons (Fsp3) is 0.550. The summed E-state index contributed by atoms with van der Waals surface area (Å²) < 4.78 is 10.3. The van der Waals surface area contributed by atoms with Crippen molar-refractivity contribution in [3.05, 3.63) is 35.9 Å². The van der Waals surface area contributed by atoms with Gasteiger partial charge in [-0.05, 0) is 32.3 Å². The molecule has 1 aromatic rings. The second-order valence-corrected chi connectivity index (χ2v) is 6.24. The van der Waals surface area contributed by atoms with Gasteiger partial charge in [-0.2, -0.15) is 0 Å². The van der Waals surface area contributed by atoms with Crippen LogP contribution in [0.2, 0.25) is 0 Å². The van der Waals surface area contributed by atoms with Crippen LogP contribution in [0.25, 0.3) is 0 Å². The number of ketones is 1. The zero-order valence-electron chi connectivity index (χ0n) is 14.9. The standard InChI is InChI=1S/C20H26O5/c1-3-24-19(22)18(20(23)25-4-2)17(14-10-6-5-7-11-14)15-12-8-9-13-16(15)21/h5-7,10-11,15,17-18H,3-4,8-9,12-13H2,1-2H3/t15-,17+/m1/s1. The number of esters is 2. The summed E-state index contributed by atoms with van der Waals surface area (Å²) in [5.41, 5.74) is 0.800. The van der Waals surface area contributed by atoms with Crippen LogP contribution in [0.15, 0.2) is 30.3 Å². The number of carbonyl (C=O) groups excluding carboxylic acids is 3. The first-order valence-corrected chi connectivity index (χ1v) is 9.01. The molecule has 0 aromatic heterocycles. The fourth-order valence-electron chi connectivity index (χ4n) is 3.58. The summed E-state index contributed by atoms with van der Waals surface area (Å²) in [6.07, 6.45) is 2.94. The minimum atomic E-state index is -1.12. The van der Waals surface area contributed by atoms with E-state index in [0.29, 0.717) is 12.8 Å². The smallest absolute Gasteiger partial charge is 0.320 e. The average Bonchev–Trinajstić information content (AvgIpc) is 2.61. The summed E-state index contributed by atoms with van der Waals surface area (Å²) >= 11 is 0. The molecule has 1 aromatic carbocycles. The minimum Gasteiger partial charge on any atom is -0.465 e. The molecule has 136 valence electrons. The molecule has 1 aliphatic carbocycles. The molecule has 2 atom stereocenters. The molecule has 2 rings (SSSR count). The molecule has 0 heterocycles. The summed E-state index contributed by atoms with van der Waals surface area (Å²) in [7, 11) is 0. The quantitative estimate of drug-likeness (QED) is 0.560. The number of Topliss-reactive ketones (excluding diaryl/α,β-unsaturated/α-hetero) is 1. The lowest BCUT2D eigenvalue weighted by atomic mass is 9.70. The van der Waals surface area contributed by atoms with E-state index >= 15 is 0 Å². The van der Waals surface area contributed by atoms with Gasteiger partial charge in [0.05, 0.1) is 13.2 Å². The van der Waals surface area contributed by atoms with Crippen molar-refractivity contribution >= 4 is 17.7 Å². The van der Waals surface area contributed by atoms with E-state index < -0.39 is 23.8 Å². The van der Waals surface area contributed by atoms with Crippen LogP contribution < -0.4 is 0 Å². The number of benzene rings is 1. The maximum absolute atomic E-state index is 12.6. The highest BCUT2D eigenvalue weighted by Gasteiger charge is 2.45. The van der Waals surface area contributed by atoms with Crippen molar-refractivity contribution in [1.29, 1.82) is 0 Å². The molecule has 0 radical (unpaired) electrons. The predicted octanol–water partition coefficient (Wildman–Crippen LogP) is 3.27. The fourth-order valence-corrected chi connectivity index (χ4v) is 3.58. The Morgan fingerprint density at radius 1 is 1.04 bits per heavy atom. The lowest BCUT2D eigenvalue weighted by Crippen LogP contribution is -2.39. The maximum Gasteiger partial charge on any atom is 0.320 e. The molecule has 5 nitrogen and oxygen atoms in total. The molecule has 0 spiro atoms. The maximum atomic E-state index is 12.6. The van der Waals surface area contributed by atoms with Gasteiger partial charge in [0.25, 0.3) is 0 Å². The largest absolute Gasteiger partial charge is 0.465 e. The first kappa shape index (κ1) is 19.2. The van der Waals surface area contributed by atoms with Crippen LogP contribution in [-0.2, 0) is 23.9 Å². The van der Waals surface area contributed by atoms with Gasteiger partial charge in [0.15, 0.2) is 5.92 Å². The summed E-state index contributed by atoms with van der Waals surface area (Å²) in [6, 6.07) is 9.29. The second kappa shape index (κ2) is 9.35. The topological polar surface area (TPSA) is 69.7 Å². The van der Waals surface area contributed by atoms with E-state index in [1.54, 1.807) is 13.8 Å². The van der Waals surface area contributed by atoms with Crippen LogP contribution >= 0.6 is 0 Å². The third-order valence-corrected chi connectivity index (χ3v) is 4.66. The van der Waals surface area contributed by atoms with E-state index in [0.717, 1.165) is 18.4 Å². The Morgan fingerprint density at radius 3 is 2.16 bits per heavy atom. The molecule has 0 bridgehead atoms. The highest BCUT2D eigenvalue weighted by Crippen LogP contribution is 2.40. The molecular weight excluding hydrogens is 320 g/mol. The van der Waals surface area contributed by atoms with Crippen LogP contribution in [0.4, 0.5) is 0 Å². The number of hydrogen-bond donors (Lipinski definition) is 0. The Morgan fingerprint density at radius 2 is 1.64 bits per heavy atom. The molecule has 5 heteroatoms. The highest BCUT2D eigenvalue weighted by molar-refractivity contribution is 5.97. The van der Waals surface area contributed by atoms with Crippen molar-refractivity contribution in [2.24, 2.45) is 11.8 Å². The molecule has 0 N–H and O–H groups in total. The zero-order chi connectivity index (χ0) is 18.2. The molecule has 0 unspecified atom stereocenters. The van der Waals surface area contributed by atoms with Crippen molar-refractivity contribution in [3.63, 3.8) is 0 Å². The van der Waals surface area contributed by atoms with Crippen molar-refractivity contribution < 1.29 is 23.9 Å². The number of rotatable bonds is 7. The molecular formula is C20H26O5. The van der Waals surface area contributed by atoms with Crippen molar-refractivity contribution in [2.75, 3.05) is 13.2 Å². The SMILES string of the molecule is CCOC(=O)C(C(=O)OCC)[C@@H](c1ccccc1)[C@@H]1CCCCC1=O. The van der Waals surface area contributed by atoms with Gasteiger partial charge in [-0.3, -0.25) is 14.4 Å². The van der Waals surface area contributed by atoms with Gasteiger partial charge in [0.2, 0.25) is 0 Å². The molecule has 1 saturated carbocycles. The van der Waals surface area contributed by atoms with Gasteiger partial charge in [0, 0.05) is 18.3 Å². The van der Waals surface area contributed by atoms with E-state index in [-0.39, 0.29) is 24.9 Å². The molecule has 0 saturated heterocycles. The number of ether oxygens (including phenoxy) is 2. The average molecular weight is 346 g/mol. The number of carbonyl (C=O) groups is 3. The Hall–Kier alpha value is -2.17. The van der Waals surface area contributed by atoms with E-state index in [4.69, 9.17) is 9.47 Å². The molecule has 0 aliphatic heterocycles. The van der Waals surface area contributed by atoms with Gasteiger partial charge >= 0.3 is 11.9 Å². The summed E-state index contributed by atoms with van der Waals surface area (Å²) in [4.78, 5) is 37.7. The van der Waals surface area contributed by atoms with E-state index in [9.17, 15) is 14.4 Å². The summed E-state index contributed by atoms with van der Waals surface area (Å²) in [6.45, 7) is 3.75. The number of hydrogen-bond acceptors (Lipinski definition) is 5. The Labute approximate surface area is 148 Å². The predicted molar refractivity (Wildman–Crippen MR) is 92.9 cm³/mol. The first-order valence-electron chi connectivity index (χ1n) is 9.01. The third kappa shape index (κ3) is 4.68. The van der Waals surface area contributed by atoms with E-state index in [1.165, 1.54) is 0 Å². The van der Waals surface area contributed by atoms with Crippen molar-refractivity contribution in [1.82, 2.24) is 0 Å². The molecule has 25 heavy (non-hydrogen) atoms. The van der Waals surface area contributed by atoms with Gasteiger partial charge in [-0.15, -0.1) is 0 Å². The van der Waals surface area contributed by atoms with Gasteiger partial charge in [-0.25, -0.2) is 0 Å². The summed E-state index contributed by atoms with van der Waals surface area (Å²) in [5, 5.41) is 0. The van der Waals surface area contributed by atoms with Crippen LogP contribution in [0, 0.1) is 11.8 Å². The Bertz CT molecular complexity index is 577. The minimum absolute atomic E-state index is 0.110. The molecule has 1 aliphatic rings. The third-order valence-electron chi connectivity index (χ3n) is 4.66. The second-order valence-electron chi connectivity index (χ2n) is 6.24. The van der Waals surface area contributed by atoms with E-state index in [2.05, 4.69) is 0 Å². The van der Waals surface area contributed by atoms with Crippen molar-refractivity contribution in [2.45, 2.75) is 45.4 Å². The Kier molecular flexibility index (Phi) is 7.16. The lowest BCUT2D eigenvalue weighted by molar-refractivity contribution is -0.163. The normalized spacial score (nSPS) is 18.7. The van der Waals surface area contributed by atoms with Gasteiger partial charge < -0.3 is 9.47 Å². The monoisotopic (exact) mass is 346 g/mol. The summed E-state index contributed by atoms with van der Waals surface area (Å²) in [5.74, 6) is -3.16. The van der Waals surface area contributed by atoms with Gasteiger partial charge in [-0.1, -0.05) is 36.8 Å². The van der Waals surface area contributed by atoms with Crippen LogP contribution in [0.3, 0.4) is 0 Å².